The Morgan fingerprint density at radius 3 is 2.71 bits per heavy atom. The van der Waals surface area contributed by atoms with Crippen molar-refractivity contribution in [2.24, 2.45) is 0 Å². The van der Waals surface area contributed by atoms with Gasteiger partial charge in [-0.25, -0.2) is 8.42 Å². The van der Waals surface area contributed by atoms with Crippen molar-refractivity contribution in [1.29, 1.82) is 0 Å². The van der Waals surface area contributed by atoms with Gasteiger partial charge in [0.15, 0.2) is 0 Å². The first-order valence-electron chi connectivity index (χ1n) is 6.36. The van der Waals surface area contributed by atoms with E-state index in [9.17, 15) is 8.42 Å². The fourth-order valence-electron chi connectivity index (χ4n) is 2.28. The van der Waals surface area contributed by atoms with Gasteiger partial charge in [0.2, 0.25) is 0 Å². The minimum absolute atomic E-state index is 0.189. The van der Waals surface area contributed by atoms with E-state index in [-0.39, 0.29) is 4.90 Å². The van der Waals surface area contributed by atoms with Gasteiger partial charge >= 0.3 is 0 Å². The summed E-state index contributed by atoms with van der Waals surface area (Å²) in [4.78, 5) is 4.39. The average Bonchev–Trinajstić information content (AvgIpc) is 2.78. The van der Waals surface area contributed by atoms with E-state index in [0.717, 1.165) is 10.9 Å². The van der Waals surface area contributed by atoms with Crippen molar-refractivity contribution in [3.05, 3.63) is 47.9 Å². The molecule has 0 spiro atoms. The number of H-pyrrole nitrogens is 1. The van der Waals surface area contributed by atoms with Crippen molar-refractivity contribution in [1.82, 2.24) is 15.2 Å². The third-order valence-corrected chi connectivity index (χ3v) is 4.83. The summed E-state index contributed by atoms with van der Waals surface area (Å²) in [5.74, 6) is 0. The Morgan fingerprint density at radius 1 is 1.19 bits per heavy atom. The van der Waals surface area contributed by atoms with Crippen LogP contribution in [0, 0.1) is 13.8 Å². The van der Waals surface area contributed by atoms with Crippen molar-refractivity contribution >= 4 is 26.6 Å². The van der Waals surface area contributed by atoms with E-state index in [1.807, 2.05) is 12.1 Å². The lowest BCUT2D eigenvalue weighted by Gasteiger charge is -2.09. The number of benzene rings is 1. The van der Waals surface area contributed by atoms with Crippen molar-refractivity contribution in [2.75, 3.05) is 4.72 Å². The minimum atomic E-state index is -3.66. The van der Waals surface area contributed by atoms with Gasteiger partial charge < -0.3 is 0 Å². The van der Waals surface area contributed by atoms with E-state index in [1.165, 1.54) is 0 Å². The number of rotatable bonds is 3. The van der Waals surface area contributed by atoms with Crippen molar-refractivity contribution in [2.45, 2.75) is 18.7 Å². The molecule has 0 atom stereocenters. The fourth-order valence-corrected chi connectivity index (χ4v) is 3.70. The summed E-state index contributed by atoms with van der Waals surface area (Å²) in [6.45, 7) is 3.33. The van der Waals surface area contributed by atoms with Crippen LogP contribution < -0.4 is 4.72 Å². The Morgan fingerprint density at radius 2 is 2.00 bits per heavy atom. The van der Waals surface area contributed by atoms with Crippen molar-refractivity contribution in [3.63, 3.8) is 0 Å². The van der Waals surface area contributed by atoms with Gasteiger partial charge in [0.1, 0.15) is 4.90 Å². The standard InChI is InChI=1S/C14H14N4O2S/c1-9-14(10(2)17-16-9)21(19,20)18-12-5-6-13-11(8-12)4-3-7-15-13/h3-8,18H,1-2H3,(H,16,17). The van der Waals surface area contributed by atoms with E-state index < -0.39 is 10.0 Å². The van der Waals surface area contributed by atoms with Crippen LogP contribution in [-0.2, 0) is 10.0 Å². The van der Waals surface area contributed by atoms with Crippen LogP contribution in [0.2, 0.25) is 0 Å². The zero-order valence-corrected chi connectivity index (χ0v) is 12.4. The average molecular weight is 302 g/mol. The van der Waals surface area contributed by atoms with Gasteiger partial charge in [-0.1, -0.05) is 6.07 Å². The molecule has 0 aliphatic heterocycles. The molecule has 0 fully saturated rings. The van der Waals surface area contributed by atoms with Crippen LogP contribution in [-0.4, -0.2) is 23.6 Å². The van der Waals surface area contributed by atoms with Gasteiger partial charge in [0.05, 0.1) is 16.9 Å². The number of anilines is 1. The topological polar surface area (TPSA) is 87.7 Å². The highest BCUT2D eigenvalue weighted by atomic mass is 32.2. The van der Waals surface area contributed by atoms with Gasteiger partial charge in [-0.3, -0.25) is 14.8 Å². The number of sulfonamides is 1. The molecular weight excluding hydrogens is 288 g/mol. The van der Waals surface area contributed by atoms with E-state index in [1.54, 1.807) is 38.2 Å². The zero-order chi connectivity index (χ0) is 15.0. The molecule has 0 saturated carbocycles. The first kappa shape index (κ1) is 13.6. The maximum Gasteiger partial charge on any atom is 0.265 e. The lowest BCUT2D eigenvalue weighted by atomic mass is 10.2. The Hall–Kier alpha value is -2.41. The maximum atomic E-state index is 12.5. The molecule has 7 heteroatoms. The molecule has 0 bridgehead atoms. The molecule has 2 heterocycles. The molecule has 3 rings (SSSR count). The number of pyridine rings is 1. The second-order valence-corrected chi connectivity index (χ2v) is 6.40. The van der Waals surface area contributed by atoms with Crippen LogP contribution in [0.5, 0.6) is 0 Å². The summed E-state index contributed by atoms with van der Waals surface area (Å²) >= 11 is 0. The normalized spacial score (nSPS) is 11.7. The smallest absolute Gasteiger partial charge is 0.265 e. The summed E-state index contributed by atoms with van der Waals surface area (Å²) in [6.07, 6.45) is 1.70. The molecule has 108 valence electrons. The Kier molecular flexibility index (Phi) is 3.13. The maximum absolute atomic E-state index is 12.5. The highest BCUT2D eigenvalue weighted by molar-refractivity contribution is 7.92. The summed E-state index contributed by atoms with van der Waals surface area (Å²) in [6, 6.07) is 8.92. The van der Waals surface area contributed by atoms with E-state index >= 15 is 0 Å². The number of aromatic nitrogens is 3. The predicted octanol–water partition coefficient (Wildman–Crippen LogP) is 2.38. The van der Waals surface area contributed by atoms with E-state index in [4.69, 9.17) is 0 Å². The SMILES string of the molecule is Cc1n[nH]c(C)c1S(=O)(=O)Nc1ccc2ncccc2c1. The molecule has 0 unspecified atom stereocenters. The highest BCUT2D eigenvalue weighted by Crippen LogP contribution is 2.23. The summed E-state index contributed by atoms with van der Waals surface area (Å²) < 4.78 is 27.5. The monoisotopic (exact) mass is 302 g/mol. The molecule has 21 heavy (non-hydrogen) atoms. The summed E-state index contributed by atoms with van der Waals surface area (Å²) in [7, 11) is -3.66. The summed E-state index contributed by atoms with van der Waals surface area (Å²) in [5, 5.41) is 7.47. The van der Waals surface area contributed by atoms with Gasteiger partial charge in [-0.2, -0.15) is 5.10 Å². The van der Waals surface area contributed by atoms with Crippen LogP contribution in [0.15, 0.2) is 41.4 Å². The van der Waals surface area contributed by atoms with Gasteiger partial charge in [-0.15, -0.1) is 0 Å². The van der Waals surface area contributed by atoms with Gasteiger partial charge in [-0.05, 0) is 38.1 Å². The molecule has 3 aromatic rings. The Bertz CT molecular complexity index is 896. The molecule has 2 N–H and O–H groups in total. The molecule has 0 aliphatic carbocycles. The number of nitrogens with one attached hydrogen (secondary N) is 2. The molecule has 0 saturated heterocycles. The predicted molar refractivity (Wildman–Crippen MR) is 80.6 cm³/mol. The second-order valence-electron chi connectivity index (χ2n) is 4.78. The molecule has 0 radical (unpaired) electrons. The number of aryl methyl sites for hydroxylation is 2. The van der Waals surface area contributed by atoms with Gasteiger partial charge in [0, 0.05) is 17.3 Å². The number of aromatic amines is 1. The van der Waals surface area contributed by atoms with Crippen molar-refractivity contribution < 1.29 is 8.42 Å². The first-order valence-corrected chi connectivity index (χ1v) is 7.85. The lowest BCUT2D eigenvalue weighted by molar-refractivity contribution is 0.600. The van der Waals surface area contributed by atoms with Crippen molar-refractivity contribution in [3.8, 4) is 0 Å². The molecule has 0 amide bonds. The van der Waals surface area contributed by atoms with E-state index in [2.05, 4.69) is 19.9 Å². The Balaban J connectivity index is 2.01. The minimum Gasteiger partial charge on any atom is -0.281 e. The third kappa shape index (κ3) is 2.47. The fraction of sp³-hybridized carbons (Fsp3) is 0.143. The largest absolute Gasteiger partial charge is 0.281 e. The quantitative estimate of drug-likeness (QED) is 0.777. The number of nitrogens with zero attached hydrogens (tertiary/aromatic N) is 2. The first-order chi connectivity index (χ1) is 9.97. The highest BCUT2D eigenvalue weighted by Gasteiger charge is 2.22. The number of fused-ring (bicyclic) bond motifs is 1. The second kappa shape index (κ2) is 4.85. The molecule has 0 aliphatic rings. The molecule has 2 aromatic heterocycles. The number of hydrogen-bond acceptors (Lipinski definition) is 4. The van der Waals surface area contributed by atoms with E-state index in [0.29, 0.717) is 17.1 Å². The third-order valence-electron chi connectivity index (χ3n) is 3.18. The molecule has 6 nitrogen and oxygen atoms in total. The van der Waals surface area contributed by atoms with Crippen LogP contribution in [0.25, 0.3) is 10.9 Å². The zero-order valence-electron chi connectivity index (χ0n) is 11.6. The molecule has 1 aromatic carbocycles. The lowest BCUT2D eigenvalue weighted by Crippen LogP contribution is -2.14. The number of hydrogen-bond donors (Lipinski definition) is 2. The Labute approximate surface area is 122 Å². The van der Waals surface area contributed by atoms with Gasteiger partial charge in [0.25, 0.3) is 10.0 Å². The van der Waals surface area contributed by atoms with Crippen LogP contribution >= 0.6 is 0 Å². The summed E-state index contributed by atoms with van der Waals surface area (Å²) in [5.41, 5.74) is 2.27. The molecular formula is C14H14N4O2S. The van der Waals surface area contributed by atoms with Crippen LogP contribution in [0.1, 0.15) is 11.4 Å². The van der Waals surface area contributed by atoms with Crippen LogP contribution in [0.3, 0.4) is 0 Å². The van der Waals surface area contributed by atoms with Crippen LogP contribution in [0.4, 0.5) is 5.69 Å².